The Morgan fingerprint density at radius 3 is 3.00 bits per heavy atom. The summed E-state index contributed by atoms with van der Waals surface area (Å²) in [4.78, 5) is 12.5. The average Bonchev–Trinajstić information content (AvgIpc) is 2.45. The van der Waals surface area contributed by atoms with Gasteiger partial charge in [0.05, 0.1) is 11.6 Å². The predicted octanol–water partition coefficient (Wildman–Crippen LogP) is 2.96. The van der Waals surface area contributed by atoms with Crippen molar-refractivity contribution in [3.63, 3.8) is 0 Å². The highest BCUT2D eigenvalue weighted by Crippen LogP contribution is 2.44. The molecule has 2 aromatic rings. The molecule has 2 atom stereocenters. The molecule has 0 unspecified atom stereocenters. The molecule has 3 nitrogen and oxygen atoms in total. The van der Waals surface area contributed by atoms with Gasteiger partial charge in [0.25, 0.3) is 5.56 Å². The number of fused-ring (bicyclic) bond motifs is 6. The van der Waals surface area contributed by atoms with Crippen molar-refractivity contribution in [2.75, 3.05) is 0 Å². The Labute approximate surface area is 111 Å². The van der Waals surface area contributed by atoms with Gasteiger partial charge in [-0.25, -0.2) is 0 Å². The number of pyridine rings is 1. The third-order valence-electron chi connectivity index (χ3n) is 4.62. The van der Waals surface area contributed by atoms with Crippen LogP contribution in [0.3, 0.4) is 0 Å². The minimum Gasteiger partial charge on any atom is -0.484 e. The van der Waals surface area contributed by atoms with Crippen LogP contribution in [0.25, 0.3) is 10.9 Å². The van der Waals surface area contributed by atoms with Crippen LogP contribution in [0.5, 0.6) is 5.75 Å². The van der Waals surface area contributed by atoms with E-state index in [0.29, 0.717) is 11.7 Å². The van der Waals surface area contributed by atoms with Gasteiger partial charge in [-0.3, -0.25) is 4.79 Å². The number of aromatic nitrogens is 1. The van der Waals surface area contributed by atoms with E-state index < -0.39 is 0 Å². The summed E-state index contributed by atoms with van der Waals surface area (Å²) in [5.74, 6) is 1.11. The molecular weight excluding hydrogens is 238 g/mol. The number of hydrogen-bond acceptors (Lipinski definition) is 2. The van der Waals surface area contributed by atoms with E-state index >= 15 is 0 Å². The Morgan fingerprint density at radius 1 is 1.26 bits per heavy atom. The van der Waals surface area contributed by atoms with Crippen LogP contribution in [-0.2, 0) is 7.05 Å². The molecule has 19 heavy (non-hydrogen) atoms. The second-order valence-corrected chi connectivity index (χ2v) is 5.73. The standard InChI is InChI=1S/C16H17NO2/c1-17-13-8-3-2-7-12(13)14-10-5-4-6-11(9-10)19-15(14)16(17)18/h2-3,7-8,10-11H,4-6,9H2,1H3/t10-,11+/m1/s1. The summed E-state index contributed by atoms with van der Waals surface area (Å²) in [5, 5.41) is 1.19. The molecule has 1 aliphatic carbocycles. The van der Waals surface area contributed by atoms with Crippen molar-refractivity contribution in [2.45, 2.75) is 37.7 Å². The van der Waals surface area contributed by atoms with Crippen molar-refractivity contribution in [1.29, 1.82) is 0 Å². The highest BCUT2D eigenvalue weighted by Gasteiger charge is 2.35. The van der Waals surface area contributed by atoms with E-state index in [0.717, 1.165) is 23.9 Å². The summed E-state index contributed by atoms with van der Waals surface area (Å²) in [6.45, 7) is 0. The number of rotatable bonds is 0. The van der Waals surface area contributed by atoms with Gasteiger partial charge in [0.1, 0.15) is 0 Å². The van der Waals surface area contributed by atoms with Crippen molar-refractivity contribution in [3.8, 4) is 5.75 Å². The molecule has 0 amide bonds. The number of hydrogen-bond donors (Lipinski definition) is 0. The first-order valence-corrected chi connectivity index (χ1v) is 7.04. The van der Waals surface area contributed by atoms with Crippen molar-refractivity contribution < 1.29 is 4.74 Å². The van der Waals surface area contributed by atoms with Crippen LogP contribution in [-0.4, -0.2) is 10.7 Å². The van der Waals surface area contributed by atoms with E-state index in [2.05, 4.69) is 6.07 Å². The summed E-state index contributed by atoms with van der Waals surface area (Å²) in [6.07, 6.45) is 4.80. The Morgan fingerprint density at radius 2 is 2.11 bits per heavy atom. The molecule has 1 fully saturated rings. The molecule has 1 aliphatic heterocycles. The fraction of sp³-hybridized carbons (Fsp3) is 0.438. The van der Waals surface area contributed by atoms with E-state index in [4.69, 9.17) is 4.74 Å². The van der Waals surface area contributed by atoms with Gasteiger partial charge in [-0.05, 0) is 37.7 Å². The highest BCUT2D eigenvalue weighted by molar-refractivity contribution is 5.85. The topological polar surface area (TPSA) is 31.2 Å². The first-order chi connectivity index (χ1) is 9.25. The lowest BCUT2D eigenvalue weighted by Gasteiger charge is -2.36. The molecule has 0 radical (unpaired) electrons. The highest BCUT2D eigenvalue weighted by atomic mass is 16.5. The molecule has 1 saturated carbocycles. The molecule has 2 aliphatic rings. The van der Waals surface area contributed by atoms with Crippen molar-refractivity contribution in [2.24, 2.45) is 7.05 Å². The normalized spacial score (nSPS) is 24.9. The van der Waals surface area contributed by atoms with E-state index in [9.17, 15) is 4.79 Å². The fourth-order valence-electron chi connectivity index (χ4n) is 3.69. The van der Waals surface area contributed by atoms with Crippen LogP contribution in [0, 0.1) is 0 Å². The van der Waals surface area contributed by atoms with Gasteiger partial charge in [-0.1, -0.05) is 18.2 Å². The van der Waals surface area contributed by atoms with Gasteiger partial charge < -0.3 is 9.30 Å². The third-order valence-corrected chi connectivity index (χ3v) is 4.62. The minimum absolute atomic E-state index is 0.0188. The predicted molar refractivity (Wildman–Crippen MR) is 74.8 cm³/mol. The summed E-state index contributed by atoms with van der Waals surface area (Å²) in [6, 6.07) is 8.17. The number of nitrogens with zero attached hydrogens (tertiary/aromatic N) is 1. The summed E-state index contributed by atoms with van der Waals surface area (Å²) in [5.41, 5.74) is 2.19. The fourth-order valence-corrected chi connectivity index (χ4v) is 3.69. The smallest absolute Gasteiger partial charge is 0.293 e. The third kappa shape index (κ3) is 1.47. The van der Waals surface area contributed by atoms with E-state index in [1.807, 2.05) is 25.2 Å². The zero-order valence-electron chi connectivity index (χ0n) is 11.1. The molecule has 98 valence electrons. The van der Waals surface area contributed by atoms with Gasteiger partial charge in [0.15, 0.2) is 5.75 Å². The maximum atomic E-state index is 12.5. The van der Waals surface area contributed by atoms with Gasteiger partial charge >= 0.3 is 0 Å². The van der Waals surface area contributed by atoms with E-state index in [1.54, 1.807) is 4.57 Å². The van der Waals surface area contributed by atoms with Crippen LogP contribution in [0.2, 0.25) is 0 Å². The molecule has 0 N–H and O–H groups in total. The summed E-state index contributed by atoms with van der Waals surface area (Å²) < 4.78 is 7.71. The lowest BCUT2D eigenvalue weighted by atomic mass is 9.79. The second-order valence-electron chi connectivity index (χ2n) is 5.73. The van der Waals surface area contributed by atoms with E-state index in [-0.39, 0.29) is 11.7 Å². The Kier molecular flexibility index (Phi) is 2.25. The van der Waals surface area contributed by atoms with Crippen LogP contribution >= 0.6 is 0 Å². The van der Waals surface area contributed by atoms with Gasteiger partial charge in [0.2, 0.25) is 0 Å². The molecule has 1 aromatic heterocycles. The van der Waals surface area contributed by atoms with Crippen LogP contribution < -0.4 is 10.3 Å². The van der Waals surface area contributed by atoms with Crippen molar-refractivity contribution in [1.82, 2.24) is 4.57 Å². The molecule has 0 spiro atoms. The molecule has 2 heterocycles. The second kappa shape index (κ2) is 3.86. The molecular formula is C16H17NO2. The summed E-state index contributed by atoms with van der Waals surface area (Å²) in [7, 11) is 1.83. The van der Waals surface area contributed by atoms with Crippen LogP contribution in [0.15, 0.2) is 29.1 Å². The quantitative estimate of drug-likeness (QED) is 0.724. The molecule has 4 rings (SSSR count). The maximum Gasteiger partial charge on any atom is 0.293 e. The zero-order chi connectivity index (χ0) is 13.0. The minimum atomic E-state index is 0.0188. The molecule has 1 aromatic carbocycles. The lowest BCUT2D eigenvalue weighted by molar-refractivity contribution is 0.117. The Hall–Kier alpha value is -1.77. The summed E-state index contributed by atoms with van der Waals surface area (Å²) >= 11 is 0. The van der Waals surface area contributed by atoms with Gasteiger partial charge in [-0.15, -0.1) is 0 Å². The zero-order valence-corrected chi connectivity index (χ0v) is 11.1. The van der Waals surface area contributed by atoms with E-state index in [1.165, 1.54) is 18.2 Å². The first kappa shape index (κ1) is 11.1. The maximum absolute atomic E-state index is 12.5. The van der Waals surface area contributed by atoms with Gasteiger partial charge in [0, 0.05) is 18.0 Å². The first-order valence-electron chi connectivity index (χ1n) is 7.04. The van der Waals surface area contributed by atoms with Crippen molar-refractivity contribution >= 4 is 10.9 Å². The number of aryl methyl sites for hydroxylation is 1. The largest absolute Gasteiger partial charge is 0.484 e. The van der Waals surface area contributed by atoms with Crippen LogP contribution in [0.1, 0.15) is 37.2 Å². The molecule has 2 bridgehead atoms. The Balaban J connectivity index is 2.12. The Bertz CT molecular complexity index is 716. The molecule has 0 saturated heterocycles. The van der Waals surface area contributed by atoms with Gasteiger partial charge in [-0.2, -0.15) is 0 Å². The lowest BCUT2D eigenvalue weighted by Crippen LogP contribution is -2.35. The van der Waals surface area contributed by atoms with Crippen molar-refractivity contribution in [3.05, 3.63) is 40.2 Å². The molecule has 3 heteroatoms. The number of ether oxygens (including phenoxy) is 1. The number of benzene rings is 1. The van der Waals surface area contributed by atoms with Crippen LogP contribution in [0.4, 0.5) is 0 Å². The average molecular weight is 255 g/mol. The number of para-hydroxylation sites is 1. The monoisotopic (exact) mass is 255 g/mol. The SMILES string of the molecule is Cn1c(=O)c2c(c3ccccc31)[C@@H]1CCC[C@@H](C1)O2.